The first-order chi connectivity index (χ1) is 14.8. The van der Waals surface area contributed by atoms with Gasteiger partial charge in [0.25, 0.3) is 0 Å². The van der Waals surface area contributed by atoms with Crippen LogP contribution in [0.3, 0.4) is 0 Å². The Hall–Kier alpha value is -2.09. The van der Waals surface area contributed by atoms with Gasteiger partial charge in [-0.05, 0) is 47.5 Å². The van der Waals surface area contributed by atoms with E-state index >= 15 is 0 Å². The van der Waals surface area contributed by atoms with Crippen LogP contribution in [0.2, 0.25) is 15.1 Å². The predicted octanol–water partition coefficient (Wildman–Crippen LogP) is 5.15. The Kier molecular flexibility index (Phi) is 7.97. The minimum absolute atomic E-state index is 0.0304. The molecular weight excluding hydrogens is 479 g/mol. The van der Waals surface area contributed by atoms with Crippen LogP contribution in [0, 0.1) is 0 Å². The molecular formula is C22H19Cl3N2O3S. The molecule has 0 bridgehead atoms. The highest BCUT2D eigenvalue weighted by molar-refractivity contribution is 7.89. The molecule has 3 rings (SSSR count). The van der Waals surface area contributed by atoms with E-state index in [-0.39, 0.29) is 24.5 Å². The van der Waals surface area contributed by atoms with E-state index in [4.69, 9.17) is 34.8 Å². The zero-order chi connectivity index (χ0) is 22.4. The molecule has 0 radical (unpaired) electrons. The fourth-order valence-electron chi connectivity index (χ4n) is 2.85. The van der Waals surface area contributed by atoms with Gasteiger partial charge in [-0.15, -0.1) is 0 Å². The number of benzene rings is 3. The number of nitrogens with zero attached hydrogens (tertiary/aromatic N) is 1. The first kappa shape index (κ1) is 23.6. The van der Waals surface area contributed by atoms with Crippen LogP contribution < -0.4 is 5.32 Å². The van der Waals surface area contributed by atoms with E-state index < -0.39 is 15.9 Å². The molecule has 0 aliphatic rings. The van der Waals surface area contributed by atoms with E-state index in [1.807, 2.05) is 6.07 Å². The van der Waals surface area contributed by atoms with Gasteiger partial charge in [-0.25, -0.2) is 8.42 Å². The average Bonchev–Trinajstić information content (AvgIpc) is 2.74. The number of halogens is 3. The van der Waals surface area contributed by atoms with Gasteiger partial charge in [0.15, 0.2) is 0 Å². The number of carbonyl (C=O) groups is 1. The van der Waals surface area contributed by atoms with Gasteiger partial charge >= 0.3 is 0 Å². The van der Waals surface area contributed by atoms with Crippen molar-refractivity contribution in [1.29, 1.82) is 0 Å². The summed E-state index contributed by atoms with van der Waals surface area (Å²) in [6.07, 6.45) is 0. The quantitative estimate of drug-likeness (QED) is 0.468. The largest absolute Gasteiger partial charge is 0.351 e. The molecule has 0 saturated carbocycles. The van der Waals surface area contributed by atoms with E-state index in [1.54, 1.807) is 42.5 Å². The lowest BCUT2D eigenvalue weighted by Gasteiger charge is -2.22. The lowest BCUT2D eigenvalue weighted by molar-refractivity contribution is -0.121. The minimum atomic E-state index is -3.99. The number of rotatable bonds is 8. The Bertz CT molecular complexity index is 1170. The summed E-state index contributed by atoms with van der Waals surface area (Å²) in [6, 6.07) is 19.8. The number of hydrogen-bond donors (Lipinski definition) is 1. The highest BCUT2D eigenvalue weighted by Crippen LogP contribution is 2.23. The molecule has 9 heteroatoms. The molecule has 0 aliphatic carbocycles. The molecule has 1 amide bonds. The van der Waals surface area contributed by atoms with E-state index in [0.29, 0.717) is 20.6 Å². The molecule has 1 N–H and O–H groups in total. The third kappa shape index (κ3) is 6.21. The summed E-state index contributed by atoms with van der Waals surface area (Å²) >= 11 is 18.2. The highest BCUT2D eigenvalue weighted by atomic mass is 35.5. The van der Waals surface area contributed by atoms with E-state index in [1.165, 1.54) is 24.3 Å². The Labute approximate surface area is 196 Å². The van der Waals surface area contributed by atoms with Gasteiger partial charge in [-0.3, -0.25) is 4.79 Å². The SMILES string of the molecule is O=C(CN(Cc1ccccc1Cl)S(=O)(=O)c1ccc(Cl)cc1)NCc1ccccc1Cl. The van der Waals surface area contributed by atoms with Crippen molar-refractivity contribution in [2.45, 2.75) is 18.0 Å². The van der Waals surface area contributed by atoms with Gasteiger partial charge in [0.05, 0.1) is 11.4 Å². The van der Waals surface area contributed by atoms with Crippen LogP contribution >= 0.6 is 34.8 Å². The summed E-state index contributed by atoms with van der Waals surface area (Å²) in [5, 5.41) is 4.06. The predicted molar refractivity (Wildman–Crippen MR) is 124 cm³/mol. The molecule has 0 unspecified atom stereocenters. The first-order valence-electron chi connectivity index (χ1n) is 9.26. The molecule has 0 atom stereocenters. The monoisotopic (exact) mass is 496 g/mol. The summed E-state index contributed by atoms with van der Waals surface area (Å²) in [4.78, 5) is 12.7. The van der Waals surface area contributed by atoms with Crippen molar-refractivity contribution in [1.82, 2.24) is 9.62 Å². The van der Waals surface area contributed by atoms with E-state index in [0.717, 1.165) is 9.87 Å². The third-order valence-electron chi connectivity index (χ3n) is 4.51. The number of nitrogens with one attached hydrogen (secondary N) is 1. The molecule has 3 aromatic carbocycles. The second-order valence-corrected chi connectivity index (χ2v) is 9.88. The summed E-state index contributed by atoms with van der Waals surface area (Å²) in [5.74, 6) is -0.468. The molecule has 31 heavy (non-hydrogen) atoms. The Morgan fingerprint density at radius 1 is 0.806 bits per heavy atom. The van der Waals surface area contributed by atoms with Crippen LogP contribution in [0.1, 0.15) is 11.1 Å². The van der Waals surface area contributed by atoms with Crippen LogP contribution in [0.25, 0.3) is 0 Å². The maximum atomic E-state index is 13.3. The second-order valence-electron chi connectivity index (χ2n) is 6.69. The van der Waals surface area contributed by atoms with Crippen molar-refractivity contribution in [3.05, 3.63) is 99.0 Å². The van der Waals surface area contributed by atoms with Gasteiger partial charge in [-0.2, -0.15) is 4.31 Å². The smallest absolute Gasteiger partial charge is 0.243 e. The average molecular weight is 498 g/mol. The fourth-order valence-corrected chi connectivity index (χ4v) is 4.75. The maximum Gasteiger partial charge on any atom is 0.243 e. The van der Waals surface area contributed by atoms with Gasteiger partial charge in [0.2, 0.25) is 15.9 Å². The number of carbonyl (C=O) groups excluding carboxylic acids is 1. The third-order valence-corrected chi connectivity index (χ3v) is 7.31. The Morgan fingerprint density at radius 2 is 1.35 bits per heavy atom. The van der Waals surface area contributed by atoms with Crippen LogP contribution in [-0.2, 0) is 27.9 Å². The fraction of sp³-hybridized carbons (Fsp3) is 0.136. The highest BCUT2D eigenvalue weighted by Gasteiger charge is 2.27. The van der Waals surface area contributed by atoms with Gasteiger partial charge < -0.3 is 5.32 Å². The summed E-state index contributed by atoms with van der Waals surface area (Å²) in [6.45, 7) is -0.274. The van der Waals surface area contributed by atoms with Crippen molar-refractivity contribution < 1.29 is 13.2 Å². The molecule has 162 valence electrons. The van der Waals surface area contributed by atoms with E-state index in [9.17, 15) is 13.2 Å². The second kappa shape index (κ2) is 10.5. The number of hydrogen-bond acceptors (Lipinski definition) is 3. The number of sulfonamides is 1. The van der Waals surface area contributed by atoms with Crippen LogP contribution in [-0.4, -0.2) is 25.2 Å². The molecule has 0 aliphatic heterocycles. The lowest BCUT2D eigenvalue weighted by Crippen LogP contribution is -2.40. The van der Waals surface area contributed by atoms with Crippen molar-refractivity contribution in [2.75, 3.05) is 6.54 Å². The van der Waals surface area contributed by atoms with Crippen LogP contribution in [0.4, 0.5) is 0 Å². The summed E-state index contributed by atoms with van der Waals surface area (Å²) < 4.78 is 27.6. The summed E-state index contributed by atoms with van der Waals surface area (Å²) in [7, 11) is -3.99. The van der Waals surface area contributed by atoms with Crippen molar-refractivity contribution in [2.24, 2.45) is 0 Å². The molecule has 0 aromatic heterocycles. The molecule has 0 heterocycles. The number of amides is 1. The molecule has 3 aromatic rings. The topological polar surface area (TPSA) is 66.5 Å². The molecule has 0 spiro atoms. The van der Waals surface area contributed by atoms with Crippen LogP contribution in [0.15, 0.2) is 77.7 Å². The van der Waals surface area contributed by atoms with Crippen LogP contribution in [0.5, 0.6) is 0 Å². The summed E-state index contributed by atoms with van der Waals surface area (Å²) in [5.41, 5.74) is 1.32. The van der Waals surface area contributed by atoms with Crippen molar-refractivity contribution >= 4 is 50.7 Å². The maximum absolute atomic E-state index is 13.3. The molecule has 5 nitrogen and oxygen atoms in total. The molecule has 0 saturated heterocycles. The zero-order valence-electron chi connectivity index (χ0n) is 16.3. The normalized spacial score (nSPS) is 11.5. The Morgan fingerprint density at radius 3 is 1.94 bits per heavy atom. The Balaban J connectivity index is 1.83. The first-order valence-corrected chi connectivity index (χ1v) is 11.8. The van der Waals surface area contributed by atoms with Crippen molar-refractivity contribution in [3.63, 3.8) is 0 Å². The van der Waals surface area contributed by atoms with Crippen molar-refractivity contribution in [3.8, 4) is 0 Å². The lowest BCUT2D eigenvalue weighted by atomic mass is 10.2. The van der Waals surface area contributed by atoms with Gasteiger partial charge in [0.1, 0.15) is 0 Å². The minimum Gasteiger partial charge on any atom is -0.351 e. The van der Waals surface area contributed by atoms with E-state index in [2.05, 4.69) is 5.32 Å². The standard InChI is InChI=1S/C22H19Cl3N2O3S/c23-18-9-11-19(12-10-18)31(29,30)27(14-17-6-2-4-8-21(17)25)15-22(28)26-13-16-5-1-3-7-20(16)24/h1-12H,13-15H2,(H,26,28). The zero-order valence-corrected chi connectivity index (χ0v) is 19.3. The molecule has 0 fully saturated rings. The van der Waals surface area contributed by atoms with Gasteiger partial charge in [-0.1, -0.05) is 71.2 Å². The van der Waals surface area contributed by atoms with Gasteiger partial charge in [0, 0.05) is 28.2 Å².